The summed E-state index contributed by atoms with van der Waals surface area (Å²) in [5.41, 5.74) is 1.44. The lowest BCUT2D eigenvalue weighted by Crippen LogP contribution is -2.08. The third-order valence-corrected chi connectivity index (χ3v) is 3.75. The molecule has 1 aromatic carbocycles. The van der Waals surface area contributed by atoms with Gasteiger partial charge in [0.05, 0.1) is 7.11 Å². The summed E-state index contributed by atoms with van der Waals surface area (Å²) in [6.07, 6.45) is 2.31. The Morgan fingerprint density at radius 3 is 3.00 bits per heavy atom. The Balaban J connectivity index is 2.24. The fourth-order valence-corrected chi connectivity index (χ4v) is 2.81. The van der Waals surface area contributed by atoms with Gasteiger partial charge in [-0.05, 0) is 61.0 Å². The summed E-state index contributed by atoms with van der Waals surface area (Å²) in [4.78, 5) is 0. The van der Waals surface area contributed by atoms with Crippen molar-refractivity contribution in [3.05, 3.63) is 29.1 Å². The summed E-state index contributed by atoms with van der Waals surface area (Å²) < 4.78 is 6.61. The van der Waals surface area contributed by atoms with E-state index in [2.05, 4.69) is 22.8 Å². The van der Waals surface area contributed by atoms with Crippen molar-refractivity contribution >= 4 is 21.4 Å². The van der Waals surface area contributed by atoms with Crippen molar-refractivity contribution in [1.82, 2.24) is 5.32 Å². The van der Waals surface area contributed by atoms with Crippen LogP contribution in [0.5, 0.6) is 5.75 Å². The van der Waals surface area contributed by atoms with E-state index in [1.54, 1.807) is 7.11 Å². The molecule has 0 saturated carbocycles. The van der Waals surface area contributed by atoms with Crippen molar-refractivity contribution in [2.45, 2.75) is 12.8 Å². The summed E-state index contributed by atoms with van der Waals surface area (Å²) in [6, 6.07) is 6.30. The van der Waals surface area contributed by atoms with Crippen LogP contribution in [0.25, 0.3) is 10.1 Å². The van der Waals surface area contributed by atoms with Crippen molar-refractivity contribution in [1.29, 1.82) is 0 Å². The number of rotatable bonds is 5. The molecule has 2 aromatic rings. The Morgan fingerprint density at radius 2 is 2.25 bits per heavy atom. The van der Waals surface area contributed by atoms with Crippen molar-refractivity contribution in [3.8, 4) is 5.75 Å². The van der Waals surface area contributed by atoms with Crippen LogP contribution < -0.4 is 10.1 Å². The van der Waals surface area contributed by atoms with E-state index in [9.17, 15) is 0 Å². The van der Waals surface area contributed by atoms with Crippen LogP contribution in [0.2, 0.25) is 0 Å². The van der Waals surface area contributed by atoms with Gasteiger partial charge in [0.25, 0.3) is 0 Å². The molecule has 16 heavy (non-hydrogen) atoms. The van der Waals surface area contributed by atoms with Gasteiger partial charge < -0.3 is 10.1 Å². The van der Waals surface area contributed by atoms with Crippen LogP contribution in [0.15, 0.2) is 23.6 Å². The topological polar surface area (TPSA) is 21.3 Å². The third-order valence-electron chi connectivity index (χ3n) is 2.73. The number of aryl methyl sites for hydroxylation is 1. The number of hydrogen-bond acceptors (Lipinski definition) is 3. The van der Waals surface area contributed by atoms with E-state index in [0.29, 0.717) is 0 Å². The highest BCUT2D eigenvalue weighted by Gasteiger charge is 2.04. The number of nitrogens with one attached hydrogen (secondary N) is 1. The van der Waals surface area contributed by atoms with Crippen molar-refractivity contribution in [2.24, 2.45) is 0 Å². The standard InChI is InChI=1S/C13H17NOS/c1-14-7-3-4-10-9-16-13-6-5-11(15-2)8-12(10)13/h5-6,8-9,14H,3-4,7H2,1-2H3. The second kappa shape index (κ2) is 5.32. The molecule has 0 radical (unpaired) electrons. The Hall–Kier alpha value is -1.06. The van der Waals surface area contributed by atoms with Crippen LogP contribution in [0.3, 0.4) is 0 Å². The van der Waals surface area contributed by atoms with Gasteiger partial charge in [-0.2, -0.15) is 0 Å². The van der Waals surface area contributed by atoms with E-state index >= 15 is 0 Å². The number of fused-ring (bicyclic) bond motifs is 1. The maximum atomic E-state index is 5.26. The molecule has 0 unspecified atom stereocenters. The molecule has 0 saturated heterocycles. The van der Waals surface area contributed by atoms with Crippen molar-refractivity contribution < 1.29 is 4.74 Å². The zero-order valence-electron chi connectivity index (χ0n) is 9.75. The lowest BCUT2D eigenvalue weighted by molar-refractivity contribution is 0.415. The molecule has 0 aliphatic heterocycles. The van der Waals surface area contributed by atoms with Gasteiger partial charge in [-0.3, -0.25) is 0 Å². The summed E-state index contributed by atoms with van der Waals surface area (Å²) in [6.45, 7) is 1.07. The summed E-state index contributed by atoms with van der Waals surface area (Å²) in [7, 11) is 3.71. The lowest BCUT2D eigenvalue weighted by Gasteiger charge is -2.02. The molecule has 0 bridgehead atoms. The molecule has 1 N–H and O–H groups in total. The molecule has 0 atom stereocenters. The molecule has 0 aliphatic rings. The minimum absolute atomic E-state index is 0.945. The molecule has 0 amide bonds. The van der Waals surface area contributed by atoms with Gasteiger partial charge in [-0.25, -0.2) is 0 Å². The van der Waals surface area contributed by atoms with E-state index in [4.69, 9.17) is 4.74 Å². The van der Waals surface area contributed by atoms with Gasteiger partial charge in [0.15, 0.2) is 0 Å². The fourth-order valence-electron chi connectivity index (χ4n) is 1.84. The minimum Gasteiger partial charge on any atom is -0.497 e. The molecule has 86 valence electrons. The first-order valence-corrected chi connectivity index (χ1v) is 6.42. The SMILES string of the molecule is CNCCCc1csc2ccc(OC)cc12. The lowest BCUT2D eigenvalue weighted by atomic mass is 10.1. The molecule has 2 rings (SSSR count). The average molecular weight is 235 g/mol. The van der Waals surface area contributed by atoms with Gasteiger partial charge in [-0.15, -0.1) is 11.3 Å². The number of methoxy groups -OCH3 is 1. The number of ether oxygens (including phenoxy) is 1. The van der Waals surface area contributed by atoms with E-state index in [1.165, 1.54) is 22.1 Å². The van der Waals surface area contributed by atoms with Gasteiger partial charge >= 0.3 is 0 Å². The van der Waals surface area contributed by atoms with E-state index in [1.807, 2.05) is 24.5 Å². The zero-order chi connectivity index (χ0) is 11.4. The van der Waals surface area contributed by atoms with Crippen molar-refractivity contribution in [2.75, 3.05) is 20.7 Å². The van der Waals surface area contributed by atoms with Gasteiger partial charge in [0, 0.05) is 4.70 Å². The number of benzene rings is 1. The highest BCUT2D eigenvalue weighted by atomic mass is 32.1. The van der Waals surface area contributed by atoms with Crippen LogP contribution in [-0.4, -0.2) is 20.7 Å². The monoisotopic (exact) mass is 235 g/mol. The predicted octanol–water partition coefficient (Wildman–Crippen LogP) is 3.06. The molecule has 0 spiro atoms. The Labute approximate surface area is 100 Å². The van der Waals surface area contributed by atoms with Crippen LogP contribution in [0.1, 0.15) is 12.0 Å². The number of thiophene rings is 1. The molecule has 0 aliphatic carbocycles. The van der Waals surface area contributed by atoms with Crippen molar-refractivity contribution in [3.63, 3.8) is 0 Å². The number of hydrogen-bond donors (Lipinski definition) is 1. The first-order chi connectivity index (χ1) is 7.85. The Bertz CT molecular complexity index is 464. The van der Waals surface area contributed by atoms with Gasteiger partial charge in [0.1, 0.15) is 5.75 Å². The molecular weight excluding hydrogens is 218 g/mol. The maximum absolute atomic E-state index is 5.26. The van der Waals surface area contributed by atoms with Gasteiger partial charge in [0.2, 0.25) is 0 Å². The third kappa shape index (κ3) is 2.36. The summed E-state index contributed by atoms with van der Waals surface area (Å²) in [5.74, 6) is 0.945. The summed E-state index contributed by atoms with van der Waals surface area (Å²) >= 11 is 1.82. The van der Waals surface area contributed by atoms with Crippen LogP contribution in [0.4, 0.5) is 0 Å². The fraction of sp³-hybridized carbons (Fsp3) is 0.385. The highest BCUT2D eigenvalue weighted by Crippen LogP contribution is 2.30. The second-order valence-electron chi connectivity index (χ2n) is 3.83. The second-order valence-corrected chi connectivity index (χ2v) is 4.74. The van der Waals surface area contributed by atoms with Crippen LogP contribution in [-0.2, 0) is 6.42 Å². The van der Waals surface area contributed by atoms with Gasteiger partial charge in [-0.1, -0.05) is 0 Å². The molecule has 1 heterocycles. The molecule has 1 aromatic heterocycles. The Kier molecular flexibility index (Phi) is 3.80. The zero-order valence-corrected chi connectivity index (χ0v) is 10.6. The molecule has 2 nitrogen and oxygen atoms in total. The van der Waals surface area contributed by atoms with Crippen LogP contribution >= 0.6 is 11.3 Å². The maximum Gasteiger partial charge on any atom is 0.119 e. The largest absolute Gasteiger partial charge is 0.497 e. The molecule has 0 fully saturated rings. The smallest absolute Gasteiger partial charge is 0.119 e. The van der Waals surface area contributed by atoms with Crippen LogP contribution in [0, 0.1) is 0 Å². The quantitative estimate of drug-likeness (QED) is 0.804. The predicted molar refractivity (Wildman–Crippen MR) is 70.6 cm³/mol. The first-order valence-electron chi connectivity index (χ1n) is 5.54. The summed E-state index contributed by atoms with van der Waals surface area (Å²) in [5, 5.41) is 6.79. The van der Waals surface area contributed by atoms with E-state index in [0.717, 1.165) is 18.7 Å². The van der Waals surface area contributed by atoms with E-state index < -0.39 is 0 Å². The average Bonchev–Trinajstić information content (AvgIpc) is 2.72. The minimum atomic E-state index is 0.945. The Morgan fingerprint density at radius 1 is 1.38 bits per heavy atom. The highest BCUT2D eigenvalue weighted by molar-refractivity contribution is 7.17. The van der Waals surface area contributed by atoms with E-state index in [-0.39, 0.29) is 0 Å². The first kappa shape index (κ1) is 11.4. The normalized spacial score (nSPS) is 10.9. The molecule has 3 heteroatoms. The molecular formula is C13H17NOS.